The van der Waals surface area contributed by atoms with E-state index in [2.05, 4.69) is 25.4 Å². The summed E-state index contributed by atoms with van der Waals surface area (Å²) in [5.74, 6) is 0.369. The highest BCUT2D eigenvalue weighted by Gasteiger charge is 2.17. The van der Waals surface area contributed by atoms with Gasteiger partial charge >= 0.3 is 0 Å². The molecular formula is C30H36FN7O2. The minimum absolute atomic E-state index is 0.221. The first-order valence-corrected chi connectivity index (χ1v) is 13.1. The largest absolute Gasteiger partial charge is 0.494 e. The lowest BCUT2D eigenvalue weighted by atomic mass is 10.1. The predicted octanol–water partition coefficient (Wildman–Crippen LogP) is 5.43. The van der Waals surface area contributed by atoms with Crippen LogP contribution in [-0.4, -0.2) is 66.7 Å². The predicted molar refractivity (Wildman–Crippen MR) is 160 cm³/mol. The van der Waals surface area contributed by atoms with Crippen LogP contribution in [0, 0.1) is 5.82 Å². The summed E-state index contributed by atoms with van der Waals surface area (Å²) in [5, 5.41) is 7.01. The maximum atomic E-state index is 14.1. The van der Waals surface area contributed by atoms with Crippen LogP contribution >= 0.6 is 0 Å². The quantitative estimate of drug-likeness (QED) is 0.243. The summed E-state index contributed by atoms with van der Waals surface area (Å²) >= 11 is 0. The monoisotopic (exact) mass is 545 g/mol. The fraction of sp³-hybridized carbons (Fsp3) is 0.300. The van der Waals surface area contributed by atoms with E-state index in [1.54, 1.807) is 25.4 Å². The summed E-state index contributed by atoms with van der Waals surface area (Å²) in [6, 6.07) is 10.2. The molecule has 0 atom stereocenters. The molecule has 40 heavy (non-hydrogen) atoms. The van der Waals surface area contributed by atoms with Gasteiger partial charge in [-0.05, 0) is 56.9 Å². The first-order valence-electron chi connectivity index (χ1n) is 13.1. The molecule has 4 rings (SSSR count). The molecule has 2 N–H and O–H groups in total. The first kappa shape index (κ1) is 28.6. The lowest BCUT2D eigenvalue weighted by Gasteiger charge is -2.26. The first-order chi connectivity index (χ1) is 19.2. The van der Waals surface area contributed by atoms with Crippen LogP contribution in [-0.2, 0) is 11.8 Å². The average molecular weight is 546 g/mol. The zero-order valence-electron chi connectivity index (χ0n) is 23.8. The van der Waals surface area contributed by atoms with E-state index in [1.165, 1.54) is 18.2 Å². The second kappa shape index (κ2) is 12.6. The number of methoxy groups -OCH3 is 1. The van der Waals surface area contributed by atoms with Crippen molar-refractivity contribution in [2.45, 2.75) is 13.3 Å². The molecule has 9 nitrogen and oxygen atoms in total. The van der Waals surface area contributed by atoms with E-state index in [-0.39, 0.29) is 11.7 Å². The van der Waals surface area contributed by atoms with Crippen LogP contribution in [0.4, 0.5) is 27.4 Å². The fourth-order valence-electron chi connectivity index (χ4n) is 4.38. The summed E-state index contributed by atoms with van der Waals surface area (Å²) in [6.07, 6.45) is 7.67. The lowest BCUT2D eigenvalue weighted by Crippen LogP contribution is -2.29. The molecule has 0 bridgehead atoms. The minimum atomic E-state index is -0.309. The standard InChI is InChI=1S/C30H36FN7O2/c1-7-8-9-29(39)33-24-17-25(28(40-6)18-27(24)37(4)15-14-36(2)3)35-30-32-13-12-23(34-30)22-19-38(5)26-11-10-20(31)16-21(22)26/h8-13,16-19H,7,14-15H2,1-6H3,(H,33,39)(H,32,34,35)/b9-8-. The number of hydrogen-bond acceptors (Lipinski definition) is 7. The number of ether oxygens (including phenoxy) is 1. The highest BCUT2D eigenvalue weighted by molar-refractivity contribution is 6.02. The van der Waals surface area contributed by atoms with Crippen molar-refractivity contribution in [1.82, 2.24) is 19.4 Å². The summed E-state index contributed by atoms with van der Waals surface area (Å²) in [6.45, 7) is 3.55. The second-order valence-electron chi connectivity index (χ2n) is 9.80. The molecule has 0 fully saturated rings. The van der Waals surface area contributed by atoms with Gasteiger partial charge in [0.05, 0.1) is 29.9 Å². The highest BCUT2D eigenvalue weighted by atomic mass is 19.1. The number of fused-ring (bicyclic) bond motifs is 1. The summed E-state index contributed by atoms with van der Waals surface area (Å²) < 4.78 is 21.7. The maximum Gasteiger partial charge on any atom is 0.248 e. The van der Waals surface area contributed by atoms with Crippen LogP contribution in [0.15, 0.2) is 60.9 Å². The van der Waals surface area contributed by atoms with Crippen LogP contribution in [0.25, 0.3) is 22.2 Å². The minimum Gasteiger partial charge on any atom is -0.494 e. The number of likely N-dealkylation sites (N-methyl/N-ethyl adjacent to an activating group) is 2. The fourth-order valence-corrected chi connectivity index (χ4v) is 4.38. The van der Waals surface area contributed by atoms with E-state index < -0.39 is 0 Å². The van der Waals surface area contributed by atoms with E-state index in [0.29, 0.717) is 28.8 Å². The van der Waals surface area contributed by atoms with Crippen molar-refractivity contribution in [1.29, 1.82) is 0 Å². The Balaban J connectivity index is 1.71. The van der Waals surface area contributed by atoms with Gasteiger partial charge in [-0.3, -0.25) is 4.79 Å². The molecule has 0 radical (unpaired) electrons. The Kier molecular flexibility index (Phi) is 9.00. The SMILES string of the molecule is CC/C=C\C(=O)Nc1cc(Nc2nccc(-c3cn(C)c4ccc(F)cc34)n2)c(OC)cc1N(C)CCN(C)C. The van der Waals surface area contributed by atoms with Gasteiger partial charge in [0.1, 0.15) is 11.6 Å². The van der Waals surface area contributed by atoms with Gasteiger partial charge in [-0.25, -0.2) is 14.4 Å². The molecule has 4 aromatic rings. The Morgan fingerprint density at radius 2 is 1.93 bits per heavy atom. The Bertz CT molecular complexity index is 1530. The number of allylic oxidation sites excluding steroid dienone is 1. The van der Waals surface area contributed by atoms with Crippen molar-refractivity contribution in [3.05, 3.63) is 66.8 Å². The van der Waals surface area contributed by atoms with Gasteiger partial charge in [0.15, 0.2) is 0 Å². The van der Waals surface area contributed by atoms with E-state index >= 15 is 0 Å². The normalized spacial score (nSPS) is 11.4. The number of nitrogens with one attached hydrogen (secondary N) is 2. The zero-order chi connectivity index (χ0) is 28.8. The molecule has 0 aliphatic carbocycles. The number of nitrogens with zero attached hydrogens (tertiary/aromatic N) is 5. The van der Waals surface area contributed by atoms with Gasteiger partial charge in [0.2, 0.25) is 11.9 Å². The van der Waals surface area contributed by atoms with Gasteiger partial charge in [-0.1, -0.05) is 13.0 Å². The van der Waals surface area contributed by atoms with E-state index in [1.807, 2.05) is 64.1 Å². The Morgan fingerprint density at radius 3 is 2.65 bits per heavy atom. The number of carbonyl (C=O) groups excluding carboxylic acids is 1. The number of aromatic nitrogens is 3. The maximum absolute atomic E-state index is 14.1. The van der Waals surface area contributed by atoms with E-state index in [9.17, 15) is 9.18 Å². The molecule has 2 heterocycles. The zero-order valence-corrected chi connectivity index (χ0v) is 23.8. The van der Waals surface area contributed by atoms with Crippen molar-refractivity contribution in [2.75, 3.05) is 56.9 Å². The molecule has 0 aliphatic heterocycles. The number of rotatable bonds is 11. The van der Waals surface area contributed by atoms with Crippen LogP contribution in [0.2, 0.25) is 0 Å². The lowest BCUT2D eigenvalue weighted by molar-refractivity contribution is -0.111. The van der Waals surface area contributed by atoms with Crippen LogP contribution in [0.3, 0.4) is 0 Å². The number of aryl methyl sites for hydroxylation is 1. The molecule has 0 unspecified atom stereocenters. The summed E-state index contributed by atoms with van der Waals surface area (Å²) in [5.41, 5.74) is 4.36. The number of hydrogen-bond donors (Lipinski definition) is 2. The topological polar surface area (TPSA) is 87.5 Å². The molecule has 10 heteroatoms. The van der Waals surface area contributed by atoms with Gasteiger partial charge in [0.25, 0.3) is 0 Å². The average Bonchev–Trinajstić information content (AvgIpc) is 3.26. The number of carbonyl (C=O) groups is 1. The van der Waals surface area contributed by atoms with E-state index in [4.69, 9.17) is 9.72 Å². The van der Waals surface area contributed by atoms with Crippen LogP contribution in [0.1, 0.15) is 13.3 Å². The third-order valence-electron chi connectivity index (χ3n) is 6.50. The highest BCUT2D eigenvalue weighted by Crippen LogP contribution is 2.38. The van der Waals surface area contributed by atoms with Crippen LogP contribution < -0.4 is 20.3 Å². The summed E-state index contributed by atoms with van der Waals surface area (Å²) in [7, 11) is 9.51. The van der Waals surface area contributed by atoms with Gasteiger partial charge in [-0.15, -0.1) is 0 Å². The Hall–Kier alpha value is -4.44. The van der Waals surface area contributed by atoms with Crippen molar-refractivity contribution in [3.8, 4) is 17.0 Å². The van der Waals surface area contributed by atoms with Crippen molar-refractivity contribution in [2.24, 2.45) is 7.05 Å². The van der Waals surface area contributed by atoms with Crippen molar-refractivity contribution in [3.63, 3.8) is 0 Å². The number of amides is 1. The number of anilines is 4. The van der Waals surface area contributed by atoms with Gasteiger partial charge < -0.3 is 29.7 Å². The number of benzene rings is 2. The molecule has 2 aromatic carbocycles. The molecule has 210 valence electrons. The van der Waals surface area contributed by atoms with Crippen LogP contribution in [0.5, 0.6) is 5.75 Å². The number of halogens is 1. The third kappa shape index (κ3) is 6.58. The molecule has 0 spiro atoms. The molecule has 0 saturated heterocycles. The summed E-state index contributed by atoms with van der Waals surface area (Å²) in [4.78, 5) is 25.9. The molecular weight excluding hydrogens is 509 g/mol. The van der Waals surface area contributed by atoms with Crippen molar-refractivity contribution < 1.29 is 13.9 Å². The second-order valence-corrected chi connectivity index (χ2v) is 9.80. The Labute approximate surface area is 234 Å². The molecule has 0 saturated carbocycles. The van der Waals surface area contributed by atoms with Crippen molar-refractivity contribution >= 4 is 39.8 Å². The van der Waals surface area contributed by atoms with E-state index in [0.717, 1.165) is 41.7 Å². The Morgan fingerprint density at radius 1 is 1.12 bits per heavy atom. The molecule has 0 aliphatic rings. The van der Waals surface area contributed by atoms with Gasteiger partial charge in [-0.2, -0.15) is 0 Å². The molecule has 1 amide bonds. The smallest absolute Gasteiger partial charge is 0.248 e. The van der Waals surface area contributed by atoms with Gasteiger partial charge in [0, 0.05) is 62.1 Å². The third-order valence-corrected chi connectivity index (χ3v) is 6.50. The molecule has 2 aromatic heterocycles.